The Bertz CT molecular complexity index is 1950. The molecule has 2 aromatic carbocycles. The highest BCUT2D eigenvalue weighted by atomic mass is 16.2. The zero-order chi connectivity index (χ0) is 38.0. The summed E-state index contributed by atoms with van der Waals surface area (Å²) in [6, 6.07) is 17.5. The summed E-state index contributed by atoms with van der Waals surface area (Å²) < 4.78 is 0. The van der Waals surface area contributed by atoms with E-state index in [4.69, 9.17) is 0 Å². The predicted molar refractivity (Wildman–Crippen MR) is 204 cm³/mol. The van der Waals surface area contributed by atoms with Crippen molar-refractivity contribution >= 4 is 41.0 Å². The number of piperazine rings is 1. The van der Waals surface area contributed by atoms with Crippen LogP contribution in [-0.4, -0.2) is 114 Å². The lowest BCUT2D eigenvalue weighted by atomic mass is 9.78. The van der Waals surface area contributed by atoms with E-state index < -0.39 is 10.8 Å². The molecule has 13 heteroatoms. The minimum atomic E-state index is -0.753. The zero-order valence-electron chi connectivity index (χ0n) is 31.5. The van der Waals surface area contributed by atoms with E-state index in [0.717, 1.165) is 27.8 Å². The summed E-state index contributed by atoms with van der Waals surface area (Å²) in [5.41, 5.74) is 4.13. The largest absolute Gasteiger partial charge is 0.342 e. The van der Waals surface area contributed by atoms with Crippen LogP contribution in [0.5, 0.6) is 0 Å². The summed E-state index contributed by atoms with van der Waals surface area (Å²) in [7, 11) is 1.88. The van der Waals surface area contributed by atoms with Gasteiger partial charge in [0.25, 0.3) is 0 Å². The number of nitrogens with zero attached hydrogens (tertiary/aromatic N) is 5. The molecular weight excluding hydrogens is 685 g/mol. The highest BCUT2D eigenvalue weighted by Crippen LogP contribution is 2.47. The molecule has 4 aliphatic rings. The first kappa shape index (κ1) is 37.2. The maximum Gasteiger partial charge on any atom is 0.244 e. The van der Waals surface area contributed by atoms with E-state index in [0.29, 0.717) is 89.5 Å². The third-order valence-corrected chi connectivity index (χ3v) is 11.8. The summed E-state index contributed by atoms with van der Waals surface area (Å²) >= 11 is 0. The number of hydrogen-bond acceptors (Lipinski definition) is 8. The van der Waals surface area contributed by atoms with Crippen molar-refractivity contribution in [2.45, 2.75) is 58.0 Å². The van der Waals surface area contributed by atoms with Crippen LogP contribution in [0.3, 0.4) is 0 Å². The quantitative estimate of drug-likeness (QED) is 0.288. The Morgan fingerprint density at radius 2 is 1.61 bits per heavy atom. The fourth-order valence-electron chi connectivity index (χ4n) is 8.56. The Morgan fingerprint density at radius 3 is 2.33 bits per heavy atom. The molecule has 3 aromatic rings. The van der Waals surface area contributed by atoms with Gasteiger partial charge >= 0.3 is 0 Å². The number of likely N-dealkylation sites (tertiary alicyclic amines) is 1. The van der Waals surface area contributed by atoms with E-state index in [-0.39, 0.29) is 42.6 Å². The zero-order valence-corrected chi connectivity index (χ0v) is 31.5. The van der Waals surface area contributed by atoms with Gasteiger partial charge in [0.15, 0.2) is 0 Å². The van der Waals surface area contributed by atoms with Crippen molar-refractivity contribution in [1.82, 2.24) is 29.9 Å². The molecular formula is C41H50N8O5. The molecule has 3 aliphatic heterocycles. The molecule has 5 amide bonds. The number of carbonyl (C=O) groups is 5. The van der Waals surface area contributed by atoms with Crippen molar-refractivity contribution in [3.63, 3.8) is 0 Å². The van der Waals surface area contributed by atoms with Gasteiger partial charge in [0.2, 0.25) is 29.5 Å². The number of rotatable bonds is 10. The van der Waals surface area contributed by atoms with Gasteiger partial charge < -0.3 is 30.7 Å². The molecule has 7 rings (SSSR count). The standard InChI is InChI=1S/C41H50N8O5/c1-28(50)47-19-17-46(18-20-47)27-36(52)48-15-12-40(2,13-16-48)39(54)49(25-31-8-5-4-7-30(31)24-42-3)26-35(51)44-33-11-10-29-22-41(23-32(29)21-33)34-9-6-14-43-37(34)45-38(41)53/h4-11,14,21,42H,12-13,15-20,22-27H2,1-3H3,(H,44,51)(H,43,45,53)/t41-/m1/s1. The fraction of sp³-hybridized carbons (Fsp3) is 0.463. The van der Waals surface area contributed by atoms with Crippen molar-refractivity contribution in [1.29, 1.82) is 0 Å². The number of carbonyl (C=O) groups excluding carboxylic acids is 5. The molecule has 4 heterocycles. The van der Waals surface area contributed by atoms with E-state index >= 15 is 0 Å². The predicted octanol–water partition coefficient (Wildman–Crippen LogP) is 2.55. The van der Waals surface area contributed by atoms with Crippen molar-refractivity contribution in [3.8, 4) is 0 Å². The second kappa shape index (κ2) is 15.3. The molecule has 2 fully saturated rings. The van der Waals surface area contributed by atoms with Crippen LogP contribution >= 0.6 is 0 Å². The van der Waals surface area contributed by atoms with E-state index in [1.54, 1.807) is 22.9 Å². The van der Waals surface area contributed by atoms with Crippen molar-refractivity contribution in [2.75, 3.05) is 70.0 Å². The number of amides is 5. The third kappa shape index (κ3) is 7.47. The fourth-order valence-corrected chi connectivity index (χ4v) is 8.56. The molecule has 1 aliphatic carbocycles. The molecule has 284 valence electrons. The molecule has 54 heavy (non-hydrogen) atoms. The van der Waals surface area contributed by atoms with Gasteiger partial charge in [-0.25, -0.2) is 4.98 Å². The summed E-state index contributed by atoms with van der Waals surface area (Å²) in [4.78, 5) is 78.3. The van der Waals surface area contributed by atoms with Gasteiger partial charge in [-0.3, -0.25) is 28.9 Å². The maximum absolute atomic E-state index is 14.5. The van der Waals surface area contributed by atoms with Crippen LogP contribution in [0.25, 0.3) is 0 Å². The second-order valence-corrected chi connectivity index (χ2v) is 15.5. The number of nitrogens with one attached hydrogen (secondary N) is 3. The summed E-state index contributed by atoms with van der Waals surface area (Å²) in [6.07, 6.45) is 3.73. The Labute approximate surface area is 316 Å². The summed E-state index contributed by atoms with van der Waals surface area (Å²) in [5, 5.41) is 9.18. The van der Waals surface area contributed by atoms with Crippen molar-refractivity contribution in [2.24, 2.45) is 5.41 Å². The van der Waals surface area contributed by atoms with Gasteiger partial charge in [-0.2, -0.15) is 0 Å². The number of piperidine rings is 1. The highest BCUT2D eigenvalue weighted by molar-refractivity contribution is 6.06. The SMILES string of the molecule is CNCc1ccccc1CN(CC(=O)Nc1ccc2c(c1)C[C@@]1(C2)C(=O)Nc2ncccc21)C(=O)C1(C)CCN(C(=O)CN2CCN(C(C)=O)CC2)CC1. The Kier molecular flexibility index (Phi) is 10.5. The van der Waals surface area contributed by atoms with Gasteiger partial charge in [0.1, 0.15) is 12.4 Å². The smallest absolute Gasteiger partial charge is 0.244 e. The molecule has 13 nitrogen and oxygen atoms in total. The van der Waals surface area contributed by atoms with Gasteiger partial charge in [0, 0.05) is 82.1 Å². The summed E-state index contributed by atoms with van der Waals surface area (Å²) in [6.45, 7) is 8.05. The molecule has 3 N–H and O–H groups in total. The lowest BCUT2D eigenvalue weighted by Crippen LogP contribution is -2.54. The van der Waals surface area contributed by atoms with E-state index in [1.165, 1.54) is 0 Å². The molecule has 1 aromatic heterocycles. The Balaban J connectivity index is 1.02. The molecule has 0 bridgehead atoms. The van der Waals surface area contributed by atoms with Gasteiger partial charge in [-0.15, -0.1) is 0 Å². The van der Waals surface area contributed by atoms with Gasteiger partial charge in [0.05, 0.1) is 12.0 Å². The Hall–Kier alpha value is -5.14. The van der Waals surface area contributed by atoms with Crippen LogP contribution in [0.15, 0.2) is 60.8 Å². The monoisotopic (exact) mass is 734 g/mol. The van der Waals surface area contributed by atoms with E-state index in [9.17, 15) is 24.0 Å². The van der Waals surface area contributed by atoms with Crippen LogP contribution in [0.1, 0.15) is 54.5 Å². The second-order valence-electron chi connectivity index (χ2n) is 15.5. The number of aromatic nitrogens is 1. The van der Waals surface area contributed by atoms with Crippen LogP contribution in [0, 0.1) is 5.41 Å². The first-order chi connectivity index (χ1) is 26.0. The molecule has 0 saturated carbocycles. The molecule has 0 unspecified atom stereocenters. The average Bonchev–Trinajstić information content (AvgIpc) is 3.68. The van der Waals surface area contributed by atoms with Crippen molar-refractivity contribution < 1.29 is 24.0 Å². The average molecular weight is 735 g/mol. The molecule has 0 radical (unpaired) electrons. The highest BCUT2D eigenvalue weighted by Gasteiger charge is 2.51. The lowest BCUT2D eigenvalue weighted by molar-refractivity contribution is -0.149. The Morgan fingerprint density at radius 1 is 0.889 bits per heavy atom. The van der Waals surface area contributed by atoms with Gasteiger partial charge in [-0.1, -0.05) is 43.3 Å². The van der Waals surface area contributed by atoms with Crippen LogP contribution < -0.4 is 16.0 Å². The number of fused-ring (bicyclic) bond motifs is 3. The lowest BCUT2D eigenvalue weighted by Gasteiger charge is -2.42. The maximum atomic E-state index is 14.5. The molecule has 2 saturated heterocycles. The minimum Gasteiger partial charge on any atom is -0.342 e. The molecule has 1 spiro atoms. The van der Waals surface area contributed by atoms with Crippen molar-refractivity contribution in [3.05, 3.63) is 88.6 Å². The first-order valence-corrected chi connectivity index (χ1v) is 18.9. The summed E-state index contributed by atoms with van der Waals surface area (Å²) in [5.74, 6) is 0.221. The number of benzene rings is 2. The van der Waals surface area contributed by atoms with E-state index in [2.05, 4.69) is 25.8 Å². The number of anilines is 2. The number of hydrogen-bond donors (Lipinski definition) is 3. The van der Waals surface area contributed by atoms with E-state index in [1.807, 2.05) is 73.5 Å². The van der Waals surface area contributed by atoms with Crippen LogP contribution in [0.2, 0.25) is 0 Å². The van der Waals surface area contributed by atoms with Crippen LogP contribution in [-0.2, 0) is 55.3 Å². The molecule has 1 atom stereocenters. The topological polar surface area (TPSA) is 147 Å². The normalized spacial score (nSPS) is 20.3. The number of pyridine rings is 1. The van der Waals surface area contributed by atoms with Crippen LogP contribution in [0.4, 0.5) is 11.5 Å². The third-order valence-electron chi connectivity index (χ3n) is 11.8. The minimum absolute atomic E-state index is 0.0349. The first-order valence-electron chi connectivity index (χ1n) is 18.9. The van der Waals surface area contributed by atoms with Gasteiger partial charge in [-0.05, 0) is 73.2 Å².